The van der Waals surface area contributed by atoms with Gasteiger partial charge >= 0.3 is 0 Å². The van der Waals surface area contributed by atoms with Crippen molar-refractivity contribution in [3.8, 4) is 11.3 Å². The Hall–Kier alpha value is -3.18. The van der Waals surface area contributed by atoms with E-state index < -0.39 is 12.1 Å². The number of carbonyl (C=O) groups excluding carboxylic acids is 2. The average molecular weight is 573 g/mol. The van der Waals surface area contributed by atoms with Crippen LogP contribution in [0.1, 0.15) is 41.9 Å². The van der Waals surface area contributed by atoms with E-state index in [-0.39, 0.29) is 24.5 Å². The Bertz CT molecular complexity index is 1360. The number of carbonyl (C=O) groups is 2. The zero-order valence-corrected chi connectivity index (χ0v) is 23.0. The molecular weight excluding hydrogens is 543 g/mol. The van der Waals surface area contributed by atoms with Crippen LogP contribution in [0.25, 0.3) is 11.3 Å². The molecule has 0 bridgehead atoms. The van der Waals surface area contributed by atoms with Crippen LogP contribution in [0, 0.1) is 0 Å². The maximum absolute atomic E-state index is 13.5. The molecule has 0 saturated carbocycles. The second-order valence-corrected chi connectivity index (χ2v) is 10.5. The van der Waals surface area contributed by atoms with E-state index >= 15 is 0 Å². The Morgan fingerprint density at radius 3 is 2.77 bits per heavy atom. The number of halogens is 2. The molecule has 0 aliphatic carbocycles. The predicted molar refractivity (Wildman–Crippen MR) is 148 cm³/mol. The van der Waals surface area contributed by atoms with E-state index in [0.29, 0.717) is 64.8 Å². The molecule has 2 atom stereocenters. The van der Waals surface area contributed by atoms with Gasteiger partial charge in [-0.25, -0.2) is 9.97 Å². The maximum Gasteiger partial charge on any atom is 0.271 e. The van der Waals surface area contributed by atoms with Crippen LogP contribution in [0.5, 0.6) is 0 Å². The molecule has 10 nitrogen and oxygen atoms in total. The Kier molecular flexibility index (Phi) is 8.37. The van der Waals surface area contributed by atoms with Crippen molar-refractivity contribution in [3.05, 3.63) is 64.0 Å². The van der Waals surface area contributed by atoms with E-state index in [1.54, 1.807) is 43.5 Å². The Morgan fingerprint density at radius 1 is 1.23 bits per heavy atom. The first-order valence-corrected chi connectivity index (χ1v) is 13.6. The van der Waals surface area contributed by atoms with Gasteiger partial charge in [-0.2, -0.15) is 0 Å². The number of rotatable bonds is 8. The van der Waals surface area contributed by atoms with Gasteiger partial charge in [0.1, 0.15) is 11.7 Å². The van der Waals surface area contributed by atoms with Gasteiger partial charge in [0.2, 0.25) is 11.9 Å². The van der Waals surface area contributed by atoms with Crippen molar-refractivity contribution in [3.63, 3.8) is 0 Å². The Labute approximate surface area is 236 Å². The van der Waals surface area contributed by atoms with Crippen molar-refractivity contribution in [1.82, 2.24) is 24.8 Å². The van der Waals surface area contributed by atoms with E-state index in [4.69, 9.17) is 27.9 Å². The third kappa shape index (κ3) is 6.04. The van der Waals surface area contributed by atoms with Gasteiger partial charge in [-0.1, -0.05) is 35.3 Å². The maximum atomic E-state index is 13.5. The highest BCUT2D eigenvalue weighted by atomic mass is 35.5. The zero-order valence-electron chi connectivity index (χ0n) is 21.4. The number of aromatic nitrogens is 3. The largest absolute Gasteiger partial charge is 0.394 e. The number of nitrogens with one attached hydrogen (secondary N) is 2. The van der Waals surface area contributed by atoms with Crippen molar-refractivity contribution < 1.29 is 19.4 Å². The number of hydrogen-bond donors (Lipinski definition) is 3. The lowest BCUT2D eigenvalue weighted by Gasteiger charge is -2.33. The molecule has 0 spiro atoms. The summed E-state index contributed by atoms with van der Waals surface area (Å²) in [5.74, 6) is -0.170. The Balaban J connectivity index is 1.30. The van der Waals surface area contributed by atoms with E-state index in [0.717, 1.165) is 12.8 Å². The number of benzene rings is 1. The van der Waals surface area contributed by atoms with Crippen LogP contribution in [0.4, 0.5) is 5.95 Å². The highest BCUT2D eigenvalue weighted by molar-refractivity contribution is 6.33. The number of amides is 2. The molecule has 5 rings (SSSR count). The van der Waals surface area contributed by atoms with Crippen LogP contribution in [-0.4, -0.2) is 74.8 Å². The van der Waals surface area contributed by atoms with Gasteiger partial charge in [0.05, 0.1) is 29.6 Å². The highest BCUT2D eigenvalue weighted by Gasteiger charge is 2.33. The van der Waals surface area contributed by atoms with Gasteiger partial charge in [0.25, 0.3) is 5.91 Å². The molecule has 39 heavy (non-hydrogen) atoms. The van der Waals surface area contributed by atoms with E-state index in [2.05, 4.69) is 20.6 Å². The molecule has 206 valence electrons. The van der Waals surface area contributed by atoms with Crippen molar-refractivity contribution >= 4 is 41.0 Å². The number of ether oxygens (including phenoxy) is 1. The second-order valence-electron chi connectivity index (χ2n) is 9.70. The van der Waals surface area contributed by atoms with Crippen LogP contribution in [0.3, 0.4) is 0 Å². The topological polar surface area (TPSA) is 122 Å². The number of hydrogen-bond acceptors (Lipinski definition) is 7. The molecule has 2 aliphatic heterocycles. The molecule has 1 saturated heterocycles. The molecular formula is C27H30Cl2N6O4. The molecule has 3 N–H and O–H groups in total. The van der Waals surface area contributed by atoms with Crippen LogP contribution in [0.2, 0.25) is 10.0 Å². The molecule has 2 amide bonds. The van der Waals surface area contributed by atoms with Gasteiger partial charge in [-0.3, -0.25) is 9.59 Å². The summed E-state index contributed by atoms with van der Waals surface area (Å²) in [6.45, 7) is 3.62. The fourth-order valence-electron chi connectivity index (χ4n) is 4.89. The third-order valence-corrected chi connectivity index (χ3v) is 7.64. The smallest absolute Gasteiger partial charge is 0.271 e. The first-order chi connectivity index (χ1) is 18.8. The van der Waals surface area contributed by atoms with Gasteiger partial charge in [-0.05, 0) is 43.5 Å². The minimum absolute atomic E-state index is 0.224. The zero-order chi connectivity index (χ0) is 27.5. The molecule has 12 heteroatoms. The minimum Gasteiger partial charge on any atom is -0.394 e. The van der Waals surface area contributed by atoms with Crippen molar-refractivity contribution in [2.24, 2.45) is 0 Å². The molecule has 0 unspecified atom stereocenters. The van der Waals surface area contributed by atoms with Crippen molar-refractivity contribution in [2.75, 3.05) is 31.7 Å². The lowest BCUT2D eigenvalue weighted by Crippen LogP contribution is -2.52. The second kappa shape index (κ2) is 11.9. The summed E-state index contributed by atoms with van der Waals surface area (Å²) in [6.07, 6.45) is 5.15. The Morgan fingerprint density at radius 2 is 2.03 bits per heavy atom. The summed E-state index contributed by atoms with van der Waals surface area (Å²) in [5.41, 5.74) is 2.35. The van der Waals surface area contributed by atoms with E-state index in [1.807, 2.05) is 10.8 Å². The lowest BCUT2D eigenvalue weighted by molar-refractivity contribution is -0.126. The van der Waals surface area contributed by atoms with E-state index in [1.165, 1.54) is 4.90 Å². The lowest BCUT2D eigenvalue weighted by atomic mass is 10.1. The first-order valence-electron chi connectivity index (χ1n) is 12.9. The fourth-order valence-corrected chi connectivity index (χ4v) is 5.29. The summed E-state index contributed by atoms with van der Waals surface area (Å²) < 4.78 is 7.27. The molecule has 1 fully saturated rings. The van der Waals surface area contributed by atoms with Crippen LogP contribution in [-0.2, 0) is 16.1 Å². The van der Waals surface area contributed by atoms with Gasteiger partial charge < -0.3 is 29.9 Å². The first kappa shape index (κ1) is 27.4. The summed E-state index contributed by atoms with van der Waals surface area (Å²) in [7, 11) is 0. The minimum atomic E-state index is -0.754. The predicted octanol–water partition coefficient (Wildman–Crippen LogP) is 3.54. The average Bonchev–Trinajstić information content (AvgIpc) is 3.38. The van der Waals surface area contributed by atoms with Crippen LogP contribution in [0.15, 0.2) is 42.7 Å². The summed E-state index contributed by atoms with van der Waals surface area (Å²) >= 11 is 12.5. The van der Waals surface area contributed by atoms with Crippen molar-refractivity contribution in [1.29, 1.82) is 0 Å². The molecule has 0 radical (unpaired) electrons. The third-order valence-electron chi connectivity index (χ3n) is 7.13. The fraction of sp³-hybridized carbons (Fsp3) is 0.407. The number of anilines is 1. The van der Waals surface area contributed by atoms with Crippen LogP contribution >= 0.6 is 23.2 Å². The number of nitrogens with zero attached hydrogens (tertiary/aromatic N) is 4. The molecule has 2 aliphatic rings. The van der Waals surface area contributed by atoms with Gasteiger partial charge in [-0.15, -0.1) is 0 Å². The summed E-state index contributed by atoms with van der Waals surface area (Å²) in [6, 6.07) is 7.52. The monoisotopic (exact) mass is 572 g/mol. The molecule has 2 aromatic heterocycles. The molecule has 3 aromatic rings. The quantitative estimate of drug-likeness (QED) is 0.377. The normalized spacial score (nSPS) is 17.4. The number of aliphatic hydroxyl groups excluding tert-OH is 1. The standard InChI is InChI=1S/C27H30Cl2N6O4/c1-16(25(37)32-22(15-36)17-3-2-4-19(28)11-17)35-8-7-34-14-18(12-23(34)26(35)38)24-21(29)13-30-27(33-24)31-20-5-9-39-10-6-20/h2-4,11-14,16,20,22,36H,5-10,15H2,1H3,(H,32,37)(H,30,31,33)/t16-,22-/m1/s1. The van der Waals surface area contributed by atoms with Crippen LogP contribution < -0.4 is 10.6 Å². The number of aliphatic hydroxyl groups is 1. The van der Waals surface area contributed by atoms with E-state index in [9.17, 15) is 14.7 Å². The molecule has 1 aromatic carbocycles. The van der Waals surface area contributed by atoms with Crippen molar-refractivity contribution in [2.45, 2.75) is 44.4 Å². The summed E-state index contributed by atoms with van der Waals surface area (Å²) in [5, 5.41) is 16.9. The van der Waals surface area contributed by atoms with Gasteiger partial charge in [0.15, 0.2) is 0 Å². The molecule has 4 heterocycles. The highest BCUT2D eigenvalue weighted by Crippen LogP contribution is 2.30. The SMILES string of the molecule is C[C@H](C(=O)N[C@H](CO)c1cccc(Cl)c1)N1CCn2cc(-c3nc(NC4CCOCC4)ncc3Cl)cc2C1=O. The van der Waals surface area contributed by atoms with Gasteiger partial charge in [0, 0.05) is 49.1 Å². The summed E-state index contributed by atoms with van der Waals surface area (Å²) in [4.78, 5) is 37.0. The number of fused-ring (bicyclic) bond motifs is 1.